The predicted octanol–water partition coefficient (Wildman–Crippen LogP) is 2.37. The molecule has 0 spiro atoms. The summed E-state index contributed by atoms with van der Waals surface area (Å²) in [5.41, 5.74) is 2.61. The number of aromatic amines is 1. The van der Waals surface area contributed by atoms with Crippen LogP contribution in [-0.4, -0.2) is 30.2 Å². The van der Waals surface area contributed by atoms with Crippen LogP contribution in [0.3, 0.4) is 0 Å². The van der Waals surface area contributed by atoms with Gasteiger partial charge in [0.05, 0.1) is 5.69 Å². The summed E-state index contributed by atoms with van der Waals surface area (Å²) in [7, 11) is 3.91. The van der Waals surface area contributed by atoms with E-state index in [9.17, 15) is 9.59 Å². The predicted molar refractivity (Wildman–Crippen MR) is 83.2 cm³/mol. The number of aromatic nitrogens is 1. The van der Waals surface area contributed by atoms with E-state index >= 15 is 0 Å². The molecule has 21 heavy (non-hydrogen) atoms. The van der Waals surface area contributed by atoms with Crippen molar-refractivity contribution in [3.63, 3.8) is 0 Å². The smallest absolute Gasteiger partial charge is 0.341 e. The number of hydrogen-bond acceptors (Lipinski definition) is 3. The highest BCUT2D eigenvalue weighted by Crippen LogP contribution is 2.24. The number of aryl methyl sites for hydroxylation is 1. The highest BCUT2D eigenvalue weighted by Gasteiger charge is 2.14. The van der Waals surface area contributed by atoms with Gasteiger partial charge in [-0.3, -0.25) is 4.79 Å². The fraction of sp³-hybridized carbons (Fsp3) is 0.250. The molecule has 0 fully saturated rings. The molecule has 0 aliphatic carbocycles. The molecule has 0 bridgehead atoms. The number of H-pyrrole nitrogens is 1. The maximum atomic E-state index is 11.9. The first-order valence-electron chi connectivity index (χ1n) is 6.71. The summed E-state index contributed by atoms with van der Waals surface area (Å²) < 4.78 is 0. The maximum Gasteiger partial charge on any atom is 0.341 e. The molecule has 0 saturated heterocycles. The molecular weight excluding hydrogens is 268 g/mol. The molecule has 110 valence electrons. The summed E-state index contributed by atoms with van der Waals surface area (Å²) in [6.07, 6.45) is 0.641. The lowest BCUT2D eigenvalue weighted by Crippen LogP contribution is -2.19. The third-order valence-electron chi connectivity index (χ3n) is 3.41. The number of anilines is 1. The van der Waals surface area contributed by atoms with Gasteiger partial charge in [-0.05, 0) is 35.7 Å². The van der Waals surface area contributed by atoms with Crippen molar-refractivity contribution < 1.29 is 9.90 Å². The Balaban J connectivity index is 2.55. The molecule has 1 heterocycles. The number of pyridine rings is 1. The van der Waals surface area contributed by atoms with Gasteiger partial charge in [0.15, 0.2) is 0 Å². The van der Waals surface area contributed by atoms with Crippen molar-refractivity contribution in [1.29, 1.82) is 0 Å². The van der Waals surface area contributed by atoms with Gasteiger partial charge >= 0.3 is 5.97 Å². The molecule has 5 nitrogen and oxygen atoms in total. The number of rotatable bonds is 4. The van der Waals surface area contributed by atoms with Gasteiger partial charge in [-0.1, -0.05) is 19.1 Å². The minimum atomic E-state index is -1.21. The summed E-state index contributed by atoms with van der Waals surface area (Å²) in [6, 6.07) is 9.20. The number of hydrogen-bond donors (Lipinski definition) is 2. The molecule has 0 atom stereocenters. The van der Waals surface area contributed by atoms with Crippen LogP contribution >= 0.6 is 0 Å². The molecule has 2 N–H and O–H groups in total. The van der Waals surface area contributed by atoms with Crippen LogP contribution in [0.1, 0.15) is 22.8 Å². The molecule has 0 saturated carbocycles. The number of nitrogens with one attached hydrogen (secondary N) is 1. The summed E-state index contributed by atoms with van der Waals surface area (Å²) >= 11 is 0. The van der Waals surface area contributed by atoms with Crippen molar-refractivity contribution in [2.75, 3.05) is 19.0 Å². The van der Waals surface area contributed by atoms with Gasteiger partial charge in [0.1, 0.15) is 5.56 Å². The van der Waals surface area contributed by atoms with Crippen LogP contribution in [0.5, 0.6) is 0 Å². The quantitative estimate of drug-likeness (QED) is 0.905. The average molecular weight is 286 g/mol. The Bertz CT molecular complexity index is 715. The monoisotopic (exact) mass is 286 g/mol. The molecule has 1 aromatic heterocycles. The number of aromatic carboxylic acids is 1. The van der Waals surface area contributed by atoms with Crippen molar-refractivity contribution in [2.45, 2.75) is 13.3 Å². The number of benzene rings is 1. The Morgan fingerprint density at radius 2 is 1.86 bits per heavy atom. The molecule has 2 aromatic rings. The summed E-state index contributed by atoms with van der Waals surface area (Å²) in [6.45, 7) is 1.93. The zero-order chi connectivity index (χ0) is 15.6. The molecule has 1 aromatic carbocycles. The summed E-state index contributed by atoms with van der Waals surface area (Å²) in [5, 5.41) is 9.02. The molecule has 2 rings (SSSR count). The van der Waals surface area contributed by atoms with Crippen molar-refractivity contribution in [3.8, 4) is 11.3 Å². The highest BCUT2D eigenvalue weighted by atomic mass is 16.4. The van der Waals surface area contributed by atoms with E-state index in [0.29, 0.717) is 12.1 Å². The summed E-state index contributed by atoms with van der Waals surface area (Å²) in [4.78, 5) is 27.6. The van der Waals surface area contributed by atoms with Crippen molar-refractivity contribution in [2.24, 2.45) is 0 Å². The summed E-state index contributed by atoms with van der Waals surface area (Å²) in [5.74, 6) is -1.21. The number of carboxylic acid groups (broad SMARTS) is 1. The fourth-order valence-electron chi connectivity index (χ4n) is 2.19. The maximum absolute atomic E-state index is 11.9. The normalized spacial score (nSPS) is 10.4. The van der Waals surface area contributed by atoms with E-state index in [0.717, 1.165) is 16.8 Å². The van der Waals surface area contributed by atoms with Crippen molar-refractivity contribution in [1.82, 2.24) is 4.98 Å². The molecule has 0 aliphatic rings. The van der Waals surface area contributed by atoms with Gasteiger partial charge in [-0.2, -0.15) is 0 Å². The first kappa shape index (κ1) is 14.8. The van der Waals surface area contributed by atoms with E-state index in [1.165, 1.54) is 6.07 Å². The third-order valence-corrected chi connectivity index (χ3v) is 3.41. The number of carbonyl (C=O) groups is 1. The van der Waals surface area contributed by atoms with Crippen LogP contribution in [0.2, 0.25) is 0 Å². The van der Waals surface area contributed by atoms with Crippen molar-refractivity contribution in [3.05, 3.63) is 51.8 Å². The van der Waals surface area contributed by atoms with Crippen LogP contribution in [0.4, 0.5) is 5.69 Å². The Kier molecular flexibility index (Phi) is 4.12. The van der Waals surface area contributed by atoms with Gasteiger partial charge in [0.25, 0.3) is 5.56 Å². The molecule has 0 unspecified atom stereocenters. The van der Waals surface area contributed by atoms with Gasteiger partial charge in [0.2, 0.25) is 0 Å². The minimum Gasteiger partial charge on any atom is -0.477 e. The van der Waals surface area contributed by atoms with Crippen molar-refractivity contribution >= 4 is 11.7 Å². The first-order chi connectivity index (χ1) is 9.93. The minimum absolute atomic E-state index is 0.222. The standard InChI is InChI=1S/C16H18N2O3/c1-4-10-9-13(16(20)21)15(19)17-14(10)11-5-7-12(8-6-11)18(2)3/h5-9H,4H2,1-3H3,(H,17,19)(H,20,21). The molecular formula is C16H18N2O3. The second kappa shape index (κ2) is 5.83. The van der Waals surface area contributed by atoms with Crippen LogP contribution in [0.25, 0.3) is 11.3 Å². The zero-order valence-corrected chi connectivity index (χ0v) is 12.3. The van der Waals surface area contributed by atoms with E-state index in [-0.39, 0.29) is 5.56 Å². The Morgan fingerprint density at radius 1 is 1.24 bits per heavy atom. The van der Waals surface area contributed by atoms with E-state index in [1.807, 2.05) is 50.2 Å². The second-order valence-electron chi connectivity index (χ2n) is 5.01. The van der Waals surface area contributed by atoms with E-state index in [4.69, 9.17) is 5.11 Å². The van der Waals surface area contributed by atoms with Gasteiger partial charge in [-0.25, -0.2) is 4.79 Å². The topological polar surface area (TPSA) is 73.4 Å². The Hall–Kier alpha value is -2.56. The molecule has 0 aliphatic heterocycles. The lowest BCUT2D eigenvalue weighted by molar-refractivity contribution is 0.0695. The van der Waals surface area contributed by atoms with Crippen LogP contribution in [-0.2, 0) is 6.42 Å². The molecule has 0 radical (unpaired) electrons. The molecule has 5 heteroatoms. The Labute approximate surface area is 122 Å². The Morgan fingerprint density at radius 3 is 2.33 bits per heavy atom. The highest BCUT2D eigenvalue weighted by molar-refractivity contribution is 5.88. The van der Waals surface area contributed by atoms with Gasteiger partial charge < -0.3 is 15.0 Å². The number of nitrogens with zero attached hydrogens (tertiary/aromatic N) is 1. The van der Waals surface area contributed by atoms with Gasteiger partial charge in [-0.15, -0.1) is 0 Å². The number of carboxylic acids is 1. The third kappa shape index (κ3) is 2.97. The fourth-order valence-corrected chi connectivity index (χ4v) is 2.19. The first-order valence-corrected chi connectivity index (χ1v) is 6.71. The lowest BCUT2D eigenvalue weighted by atomic mass is 10.0. The van der Waals surface area contributed by atoms with Gasteiger partial charge in [0, 0.05) is 19.8 Å². The second-order valence-corrected chi connectivity index (χ2v) is 5.01. The van der Waals surface area contributed by atoms with Crippen LogP contribution in [0.15, 0.2) is 35.1 Å². The van der Waals surface area contributed by atoms with Crippen LogP contribution in [0, 0.1) is 0 Å². The van der Waals surface area contributed by atoms with Crippen LogP contribution < -0.4 is 10.5 Å². The average Bonchev–Trinajstić information content (AvgIpc) is 2.46. The zero-order valence-electron chi connectivity index (χ0n) is 12.3. The van der Waals surface area contributed by atoms with E-state index in [2.05, 4.69) is 4.98 Å². The largest absolute Gasteiger partial charge is 0.477 e. The SMILES string of the molecule is CCc1cc(C(=O)O)c(=O)[nH]c1-c1ccc(N(C)C)cc1. The van der Waals surface area contributed by atoms with E-state index in [1.54, 1.807) is 0 Å². The molecule has 0 amide bonds. The van der Waals surface area contributed by atoms with E-state index < -0.39 is 11.5 Å². The lowest BCUT2D eigenvalue weighted by Gasteiger charge is -2.14.